The van der Waals surface area contributed by atoms with Crippen molar-refractivity contribution in [3.05, 3.63) is 64.1 Å². The van der Waals surface area contributed by atoms with E-state index in [-0.39, 0.29) is 16.3 Å². The maximum absolute atomic E-state index is 13.6. The molecule has 1 fully saturated rings. The first kappa shape index (κ1) is 27.5. The number of benzene rings is 1. The average molecular weight is 550 g/mol. The van der Waals surface area contributed by atoms with E-state index in [1.807, 2.05) is 0 Å². The van der Waals surface area contributed by atoms with Crippen molar-refractivity contribution in [1.82, 2.24) is 15.2 Å². The van der Waals surface area contributed by atoms with Crippen molar-refractivity contribution in [2.24, 2.45) is 0 Å². The second-order valence-electron chi connectivity index (χ2n) is 9.40. The molecule has 0 radical (unpaired) electrons. The fourth-order valence-corrected chi connectivity index (χ4v) is 4.88. The van der Waals surface area contributed by atoms with Crippen LogP contribution in [0.15, 0.2) is 35.2 Å². The van der Waals surface area contributed by atoms with Crippen LogP contribution in [0.1, 0.15) is 57.8 Å². The van der Waals surface area contributed by atoms with Crippen LogP contribution in [-0.2, 0) is 21.5 Å². The van der Waals surface area contributed by atoms with Crippen LogP contribution in [0.3, 0.4) is 0 Å². The van der Waals surface area contributed by atoms with Crippen molar-refractivity contribution in [3.8, 4) is 11.6 Å². The molecule has 1 atom stereocenters. The van der Waals surface area contributed by atoms with E-state index in [1.165, 1.54) is 30.5 Å². The number of anilines is 1. The Morgan fingerprint density at radius 2 is 1.87 bits per heavy atom. The lowest BCUT2D eigenvalue weighted by atomic mass is 9.77. The Labute approximate surface area is 217 Å². The molecular formula is C25H26F3N5O4S. The molecule has 0 spiro atoms. The van der Waals surface area contributed by atoms with E-state index in [1.54, 1.807) is 19.9 Å². The number of nitrogens with one attached hydrogen (secondary N) is 2. The monoisotopic (exact) mass is 549 g/mol. The van der Waals surface area contributed by atoms with E-state index < -0.39 is 50.1 Å². The van der Waals surface area contributed by atoms with E-state index in [0.717, 1.165) is 13.3 Å². The van der Waals surface area contributed by atoms with E-state index in [9.17, 15) is 27.3 Å². The Bertz CT molecular complexity index is 1510. The number of amides is 1. The third-order valence-corrected chi connectivity index (χ3v) is 7.56. The summed E-state index contributed by atoms with van der Waals surface area (Å²) < 4.78 is 66.6. The molecule has 0 aliphatic heterocycles. The molecule has 1 unspecified atom stereocenters. The molecule has 4 rings (SSSR count). The highest BCUT2D eigenvalue weighted by Gasteiger charge is 2.40. The predicted octanol–water partition coefficient (Wildman–Crippen LogP) is 5.27. The van der Waals surface area contributed by atoms with Crippen LogP contribution in [0.2, 0.25) is 0 Å². The van der Waals surface area contributed by atoms with Gasteiger partial charge in [0.05, 0.1) is 21.1 Å². The van der Waals surface area contributed by atoms with E-state index >= 15 is 0 Å². The van der Waals surface area contributed by atoms with Gasteiger partial charge in [-0.25, -0.2) is 8.99 Å². The normalized spacial score (nSPS) is 16.3. The number of halogens is 3. The van der Waals surface area contributed by atoms with E-state index in [4.69, 9.17) is 9.52 Å². The molecule has 38 heavy (non-hydrogen) atoms. The van der Waals surface area contributed by atoms with Crippen LogP contribution in [0.25, 0.3) is 0 Å². The van der Waals surface area contributed by atoms with Gasteiger partial charge in [0.25, 0.3) is 11.8 Å². The first-order valence-corrected chi connectivity index (χ1v) is 13.6. The molecule has 3 N–H and O–H groups in total. The number of alkyl halides is 3. The highest BCUT2D eigenvalue weighted by molar-refractivity contribution is 7.91. The summed E-state index contributed by atoms with van der Waals surface area (Å²) in [5.41, 5.74) is -1.88. The number of pyridine rings is 1. The highest BCUT2D eigenvalue weighted by Crippen LogP contribution is 2.42. The number of hydrogen-bond donors (Lipinski definition) is 3. The van der Waals surface area contributed by atoms with Gasteiger partial charge in [0.2, 0.25) is 0 Å². The van der Waals surface area contributed by atoms with Crippen molar-refractivity contribution in [2.45, 2.75) is 56.7 Å². The molecule has 1 saturated carbocycles. The van der Waals surface area contributed by atoms with Crippen molar-refractivity contribution in [2.75, 3.05) is 11.6 Å². The number of carbonyl (C=O) groups excluding carboxylic acids is 1. The molecule has 1 aliphatic carbocycles. The van der Waals surface area contributed by atoms with Crippen LogP contribution in [-0.4, -0.2) is 36.7 Å². The van der Waals surface area contributed by atoms with Crippen molar-refractivity contribution < 1.29 is 32.0 Å². The maximum Gasteiger partial charge on any atom is 0.435 e. The fraction of sp³-hybridized carbons (Fsp3) is 0.360. The Morgan fingerprint density at radius 3 is 2.42 bits per heavy atom. The number of aliphatic hydroxyl groups is 1. The summed E-state index contributed by atoms with van der Waals surface area (Å²) in [4.78, 5) is 17.9. The van der Waals surface area contributed by atoms with Gasteiger partial charge in [-0.3, -0.25) is 9.78 Å². The van der Waals surface area contributed by atoms with Gasteiger partial charge in [-0.2, -0.15) is 13.2 Å². The Hall–Kier alpha value is -3.58. The summed E-state index contributed by atoms with van der Waals surface area (Å²) in [7, 11) is -3.10. The minimum Gasteiger partial charge on any atom is -0.435 e. The number of hydrogen-bond acceptors (Lipinski definition) is 8. The Balaban J connectivity index is 1.76. The third kappa shape index (κ3) is 5.34. The van der Waals surface area contributed by atoms with Crippen LogP contribution in [0, 0.1) is 25.6 Å². The van der Waals surface area contributed by atoms with E-state index in [0.29, 0.717) is 29.8 Å². The second-order valence-corrected chi connectivity index (χ2v) is 11.6. The summed E-state index contributed by atoms with van der Waals surface area (Å²) in [6.45, 7) is 4.40. The van der Waals surface area contributed by atoms with Gasteiger partial charge in [-0.05, 0) is 75.4 Å². The van der Waals surface area contributed by atoms with Gasteiger partial charge in [0.1, 0.15) is 11.2 Å². The molecule has 2 aromatic heterocycles. The molecule has 3 aromatic rings. The summed E-state index contributed by atoms with van der Waals surface area (Å²) in [5, 5.41) is 20.0. The number of nitrogens with zero attached hydrogens (tertiary/aromatic N) is 3. The van der Waals surface area contributed by atoms with Gasteiger partial charge in [-0.1, -0.05) is 6.07 Å². The van der Waals surface area contributed by atoms with Gasteiger partial charge >= 0.3 is 6.18 Å². The van der Waals surface area contributed by atoms with Crippen molar-refractivity contribution >= 4 is 21.3 Å². The SMILES string of the molecule is Cc1cc(C2(O)CCC2)nc(C)c1Oc1nnc(C(F)(F)F)c(C)c1C(=O)Nc1cccc(S(C)(=N)=O)c1. The molecule has 2 heterocycles. The predicted molar refractivity (Wildman–Crippen MR) is 133 cm³/mol. The van der Waals surface area contributed by atoms with Gasteiger partial charge in [-0.15, -0.1) is 10.2 Å². The number of carbonyl (C=O) groups is 1. The average Bonchev–Trinajstić information content (AvgIpc) is 2.78. The second kappa shape index (κ2) is 9.62. The molecule has 1 amide bonds. The molecule has 13 heteroatoms. The lowest BCUT2D eigenvalue weighted by Crippen LogP contribution is -2.34. The summed E-state index contributed by atoms with van der Waals surface area (Å²) >= 11 is 0. The number of aromatic nitrogens is 3. The van der Waals surface area contributed by atoms with Gasteiger partial charge in [0, 0.05) is 16.8 Å². The van der Waals surface area contributed by atoms with E-state index in [2.05, 4.69) is 20.5 Å². The smallest absolute Gasteiger partial charge is 0.435 e. The number of rotatable bonds is 6. The molecular weight excluding hydrogens is 523 g/mol. The van der Waals surface area contributed by atoms with Crippen LogP contribution >= 0.6 is 0 Å². The molecule has 0 saturated heterocycles. The van der Waals surface area contributed by atoms with Crippen molar-refractivity contribution in [3.63, 3.8) is 0 Å². The van der Waals surface area contributed by atoms with Gasteiger partial charge in [0.15, 0.2) is 11.4 Å². The molecule has 9 nitrogen and oxygen atoms in total. The quantitative estimate of drug-likeness (QED) is 0.381. The first-order chi connectivity index (χ1) is 17.6. The van der Waals surface area contributed by atoms with Crippen molar-refractivity contribution in [1.29, 1.82) is 4.78 Å². The zero-order chi connectivity index (χ0) is 28.0. The van der Waals surface area contributed by atoms with Crippen LogP contribution in [0.4, 0.5) is 18.9 Å². The van der Waals surface area contributed by atoms with Crippen LogP contribution < -0.4 is 10.1 Å². The first-order valence-electron chi connectivity index (χ1n) is 11.6. The van der Waals surface area contributed by atoms with Crippen LogP contribution in [0.5, 0.6) is 11.6 Å². The maximum atomic E-state index is 13.6. The standard InChI is InChI=1S/C25H26F3N5O4S/c1-13-11-18(24(35)9-6-10-24)30-15(3)20(13)37-23-19(14(2)21(32-33-23)25(26,27)28)22(34)31-16-7-5-8-17(12-16)38(4,29)36/h5,7-8,11-12,29,35H,6,9-10H2,1-4H3,(H,31,34). The Kier molecular flexibility index (Phi) is 6.95. The third-order valence-electron chi connectivity index (χ3n) is 6.41. The minimum absolute atomic E-state index is 0.122. The number of ether oxygens (including phenoxy) is 1. The lowest BCUT2D eigenvalue weighted by molar-refractivity contribution is -0.142. The highest BCUT2D eigenvalue weighted by atomic mass is 32.2. The minimum atomic E-state index is -4.88. The largest absolute Gasteiger partial charge is 0.435 e. The fourth-order valence-electron chi connectivity index (χ4n) is 4.19. The summed E-state index contributed by atoms with van der Waals surface area (Å²) in [6.07, 6.45) is -1.66. The molecule has 0 bridgehead atoms. The zero-order valence-corrected chi connectivity index (χ0v) is 21.9. The summed E-state index contributed by atoms with van der Waals surface area (Å²) in [5.74, 6) is -1.26. The topological polar surface area (TPSA) is 138 Å². The Morgan fingerprint density at radius 1 is 1.18 bits per heavy atom. The molecule has 1 aromatic carbocycles. The summed E-state index contributed by atoms with van der Waals surface area (Å²) in [6, 6.07) is 7.31. The number of aryl methyl sites for hydroxylation is 2. The molecule has 1 aliphatic rings. The molecule has 202 valence electrons. The van der Waals surface area contributed by atoms with Gasteiger partial charge < -0.3 is 15.2 Å². The zero-order valence-electron chi connectivity index (χ0n) is 21.1. The lowest BCUT2D eigenvalue weighted by Gasteiger charge is -2.36.